The number of H-pyrrole nitrogens is 1. The first kappa shape index (κ1) is 16.0. The Morgan fingerprint density at radius 3 is 2.71 bits per heavy atom. The summed E-state index contributed by atoms with van der Waals surface area (Å²) in [6, 6.07) is 0.371. The molecule has 1 amide bonds. The topological polar surface area (TPSA) is 58.2 Å². The molecule has 2 rings (SSSR count). The minimum Gasteiger partial charge on any atom is -0.383 e. The SMILES string of the molecule is COCCN(C(=O)Cc1c(C)n[nH]c1C)C1CCC(C)C1. The van der Waals surface area contributed by atoms with E-state index < -0.39 is 0 Å². The van der Waals surface area contributed by atoms with Crippen LogP contribution in [0.3, 0.4) is 0 Å². The Hall–Kier alpha value is -1.36. The molecule has 1 N–H and O–H groups in total. The van der Waals surface area contributed by atoms with E-state index in [1.807, 2.05) is 18.7 Å². The summed E-state index contributed by atoms with van der Waals surface area (Å²) in [7, 11) is 1.68. The van der Waals surface area contributed by atoms with Gasteiger partial charge in [0, 0.05) is 31.0 Å². The van der Waals surface area contributed by atoms with Crippen molar-refractivity contribution in [2.24, 2.45) is 5.92 Å². The first-order chi connectivity index (χ1) is 10.0. The molecule has 1 aromatic heterocycles. The predicted octanol–water partition coefficient (Wildman–Crippen LogP) is 2.23. The fraction of sp³-hybridized carbons (Fsp3) is 0.750. The summed E-state index contributed by atoms with van der Waals surface area (Å²) >= 11 is 0. The monoisotopic (exact) mass is 293 g/mol. The molecule has 118 valence electrons. The van der Waals surface area contributed by atoms with Crippen LogP contribution in [-0.4, -0.2) is 47.3 Å². The van der Waals surface area contributed by atoms with Gasteiger partial charge in [0.15, 0.2) is 0 Å². The van der Waals surface area contributed by atoms with E-state index in [4.69, 9.17) is 4.74 Å². The van der Waals surface area contributed by atoms with Gasteiger partial charge in [-0.15, -0.1) is 0 Å². The van der Waals surface area contributed by atoms with Crippen LogP contribution in [0.5, 0.6) is 0 Å². The molecule has 0 saturated heterocycles. The second-order valence-corrected chi connectivity index (χ2v) is 6.24. The third kappa shape index (κ3) is 3.84. The van der Waals surface area contributed by atoms with Crippen molar-refractivity contribution >= 4 is 5.91 Å². The van der Waals surface area contributed by atoms with Gasteiger partial charge in [0.25, 0.3) is 0 Å². The average Bonchev–Trinajstić information content (AvgIpc) is 3.00. The lowest BCUT2D eigenvalue weighted by atomic mass is 10.1. The minimum absolute atomic E-state index is 0.193. The number of amides is 1. The van der Waals surface area contributed by atoms with E-state index in [1.54, 1.807) is 7.11 Å². The zero-order valence-electron chi connectivity index (χ0n) is 13.6. The highest BCUT2D eigenvalue weighted by Gasteiger charge is 2.30. The van der Waals surface area contributed by atoms with E-state index in [0.717, 1.165) is 29.8 Å². The predicted molar refractivity (Wildman–Crippen MR) is 82.2 cm³/mol. The summed E-state index contributed by atoms with van der Waals surface area (Å²) < 4.78 is 5.18. The molecule has 0 aromatic carbocycles. The van der Waals surface area contributed by atoms with Gasteiger partial charge in [-0.3, -0.25) is 9.89 Å². The molecule has 2 unspecified atom stereocenters. The number of nitrogens with zero attached hydrogens (tertiary/aromatic N) is 2. The number of hydrogen-bond donors (Lipinski definition) is 1. The molecule has 0 spiro atoms. The van der Waals surface area contributed by atoms with E-state index in [2.05, 4.69) is 17.1 Å². The molecule has 0 radical (unpaired) electrons. The maximum Gasteiger partial charge on any atom is 0.227 e. The number of rotatable bonds is 6. The van der Waals surface area contributed by atoms with Crippen LogP contribution in [0.4, 0.5) is 0 Å². The normalized spacial score (nSPS) is 21.7. The van der Waals surface area contributed by atoms with Crippen LogP contribution in [0.1, 0.15) is 43.1 Å². The Bertz CT molecular complexity index is 464. The third-order valence-electron chi connectivity index (χ3n) is 4.57. The highest BCUT2D eigenvalue weighted by Crippen LogP contribution is 2.29. The number of ether oxygens (including phenoxy) is 1. The van der Waals surface area contributed by atoms with Gasteiger partial charge in [-0.1, -0.05) is 6.92 Å². The van der Waals surface area contributed by atoms with Crippen LogP contribution in [0.25, 0.3) is 0 Å². The van der Waals surface area contributed by atoms with E-state index >= 15 is 0 Å². The lowest BCUT2D eigenvalue weighted by Gasteiger charge is -2.29. The molecule has 1 heterocycles. The number of carbonyl (C=O) groups is 1. The van der Waals surface area contributed by atoms with Gasteiger partial charge in [-0.25, -0.2) is 0 Å². The molecule has 1 aliphatic rings. The summed E-state index contributed by atoms with van der Waals surface area (Å²) in [6.07, 6.45) is 3.87. The van der Waals surface area contributed by atoms with Crippen molar-refractivity contribution in [1.82, 2.24) is 15.1 Å². The minimum atomic E-state index is 0.193. The molecular formula is C16H27N3O2. The van der Waals surface area contributed by atoms with Crippen molar-refractivity contribution in [3.63, 3.8) is 0 Å². The summed E-state index contributed by atoms with van der Waals surface area (Å²) in [6.45, 7) is 7.47. The standard InChI is InChI=1S/C16H27N3O2/c1-11-5-6-14(9-11)19(7-8-21-4)16(20)10-15-12(2)17-18-13(15)3/h11,14H,5-10H2,1-4H3,(H,17,18). The van der Waals surface area contributed by atoms with Crippen LogP contribution >= 0.6 is 0 Å². The van der Waals surface area contributed by atoms with Gasteiger partial charge in [0.1, 0.15) is 0 Å². The highest BCUT2D eigenvalue weighted by atomic mass is 16.5. The van der Waals surface area contributed by atoms with Gasteiger partial charge in [-0.05, 0) is 39.0 Å². The lowest BCUT2D eigenvalue weighted by Crippen LogP contribution is -2.42. The van der Waals surface area contributed by atoms with Crippen LogP contribution < -0.4 is 0 Å². The summed E-state index contributed by atoms with van der Waals surface area (Å²) in [5.74, 6) is 0.906. The van der Waals surface area contributed by atoms with Gasteiger partial charge in [-0.2, -0.15) is 5.10 Å². The quantitative estimate of drug-likeness (QED) is 0.875. The molecule has 1 fully saturated rings. The molecule has 5 nitrogen and oxygen atoms in total. The van der Waals surface area contributed by atoms with Gasteiger partial charge < -0.3 is 9.64 Å². The second kappa shape index (κ2) is 7.07. The lowest BCUT2D eigenvalue weighted by molar-refractivity contribution is -0.133. The van der Waals surface area contributed by atoms with Gasteiger partial charge in [0.05, 0.1) is 18.7 Å². The van der Waals surface area contributed by atoms with E-state index in [-0.39, 0.29) is 5.91 Å². The third-order valence-corrected chi connectivity index (χ3v) is 4.57. The molecular weight excluding hydrogens is 266 g/mol. The molecule has 2 atom stereocenters. The summed E-state index contributed by atoms with van der Waals surface area (Å²) in [5, 5.41) is 7.14. The van der Waals surface area contributed by atoms with Gasteiger partial charge >= 0.3 is 0 Å². The van der Waals surface area contributed by atoms with Crippen molar-refractivity contribution in [1.29, 1.82) is 0 Å². The van der Waals surface area contributed by atoms with Crippen molar-refractivity contribution in [2.75, 3.05) is 20.3 Å². The van der Waals surface area contributed by atoms with Crippen LogP contribution in [0.15, 0.2) is 0 Å². The number of hydrogen-bond acceptors (Lipinski definition) is 3. The summed E-state index contributed by atoms with van der Waals surface area (Å²) in [4.78, 5) is 14.8. The zero-order valence-corrected chi connectivity index (χ0v) is 13.6. The number of aromatic nitrogens is 2. The fourth-order valence-corrected chi connectivity index (χ4v) is 3.25. The van der Waals surface area contributed by atoms with Crippen molar-refractivity contribution < 1.29 is 9.53 Å². The zero-order chi connectivity index (χ0) is 15.4. The van der Waals surface area contributed by atoms with Gasteiger partial charge in [0.2, 0.25) is 5.91 Å². The largest absolute Gasteiger partial charge is 0.383 e. The molecule has 5 heteroatoms. The average molecular weight is 293 g/mol. The van der Waals surface area contributed by atoms with Crippen LogP contribution in [0.2, 0.25) is 0 Å². The van der Waals surface area contributed by atoms with Crippen molar-refractivity contribution in [3.05, 3.63) is 17.0 Å². The maximum absolute atomic E-state index is 12.7. The Morgan fingerprint density at radius 2 is 2.19 bits per heavy atom. The first-order valence-corrected chi connectivity index (χ1v) is 7.81. The molecule has 1 aliphatic carbocycles. The molecule has 0 bridgehead atoms. The Balaban J connectivity index is 2.07. The summed E-state index contributed by atoms with van der Waals surface area (Å²) in [5.41, 5.74) is 2.95. The Kier molecular flexibility index (Phi) is 5.39. The molecule has 0 aliphatic heterocycles. The Morgan fingerprint density at radius 1 is 1.43 bits per heavy atom. The second-order valence-electron chi connectivity index (χ2n) is 6.24. The number of nitrogens with one attached hydrogen (secondary N) is 1. The van der Waals surface area contributed by atoms with Crippen molar-refractivity contribution in [3.8, 4) is 0 Å². The van der Waals surface area contributed by atoms with E-state index in [1.165, 1.54) is 6.42 Å². The van der Waals surface area contributed by atoms with E-state index in [9.17, 15) is 4.79 Å². The number of aryl methyl sites for hydroxylation is 2. The molecule has 1 aromatic rings. The highest BCUT2D eigenvalue weighted by molar-refractivity contribution is 5.79. The number of methoxy groups -OCH3 is 1. The number of carbonyl (C=O) groups excluding carboxylic acids is 1. The van der Waals surface area contributed by atoms with Crippen LogP contribution in [0, 0.1) is 19.8 Å². The van der Waals surface area contributed by atoms with E-state index in [0.29, 0.717) is 31.5 Å². The Labute approximate surface area is 127 Å². The van der Waals surface area contributed by atoms with Crippen LogP contribution in [-0.2, 0) is 16.0 Å². The van der Waals surface area contributed by atoms with Crippen molar-refractivity contribution in [2.45, 2.75) is 52.5 Å². The number of aromatic amines is 1. The molecule has 1 saturated carbocycles. The molecule has 21 heavy (non-hydrogen) atoms. The smallest absolute Gasteiger partial charge is 0.227 e. The first-order valence-electron chi connectivity index (χ1n) is 7.81. The maximum atomic E-state index is 12.7. The fourth-order valence-electron chi connectivity index (χ4n) is 3.25.